The van der Waals surface area contributed by atoms with Crippen LogP contribution in [0.5, 0.6) is 0 Å². The van der Waals surface area contributed by atoms with Crippen molar-refractivity contribution in [1.82, 2.24) is 25.9 Å². The van der Waals surface area contributed by atoms with E-state index in [1.54, 1.807) is 27.0 Å². The van der Waals surface area contributed by atoms with Gasteiger partial charge >= 0.3 is 6.09 Å². The van der Waals surface area contributed by atoms with Crippen LogP contribution in [-0.4, -0.2) is 58.1 Å². The summed E-state index contributed by atoms with van der Waals surface area (Å²) in [6, 6.07) is 15.3. The minimum atomic E-state index is -1.07. The van der Waals surface area contributed by atoms with Gasteiger partial charge in [-0.1, -0.05) is 60.2 Å². The third kappa shape index (κ3) is 11.5. The number of nitrogens with two attached hydrogens (primary N) is 2. The van der Waals surface area contributed by atoms with Crippen LogP contribution in [0, 0.1) is 6.92 Å². The van der Waals surface area contributed by atoms with Crippen molar-refractivity contribution in [2.75, 3.05) is 6.54 Å². The van der Waals surface area contributed by atoms with Crippen LogP contribution < -0.4 is 27.4 Å². The predicted molar refractivity (Wildman–Crippen MR) is 166 cm³/mol. The van der Waals surface area contributed by atoms with Gasteiger partial charge in [-0.05, 0) is 46.1 Å². The first kappa shape index (κ1) is 32.6. The van der Waals surface area contributed by atoms with Gasteiger partial charge in [-0.3, -0.25) is 14.6 Å². The molecule has 1 heterocycles. The standard InChI is InChI=1S/C31H42N8O4/c1-20-12-14-22(15-13-20)26-35-19-23(37-26)17-25(39-30(42)43-31(2,3)4)28(41)38-24(11-8-16-34-29(32)33)27(40)36-18-21-9-6-5-7-10-21/h5-7,9-10,12-15,19,24-25H,8,11,16-18H2,1-4H3,(H,35,37)(H,36,40)(H,38,41)(H,39,42)(H4,32,33,34)/t24-,25-/m0/s1. The van der Waals surface area contributed by atoms with E-state index in [9.17, 15) is 14.4 Å². The SMILES string of the molecule is Cc1ccc(-c2ncc(C[C@H](NC(=O)OC(C)(C)C)C(=O)N[C@@H](CCCN=C(N)N)C(=O)NCc3ccccc3)[nH]2)cc1. The first-order valence-corrected chi connectivity index (χ1v) is 14.2. The molecule has 0 spiro atoms. The van der Waals surface area contributed by atoms with Gasteiger partial charge in [0, 0.05) is 37.0 Å². The molecule has 8 N–H and O–H groups in total. The highest BCUT2D eigenvalue weighted by Crippen LogP contribution is 2.17. The summed E-state index contributed by atoms with van der Waals surface area (Å²) in [6.45, 7) is 7.76. The lowest BCUT2D eigenvalue weighted by Gasteiger charge is -2.25. The number of nitrogens with zero attached hydrogens (tertiary/aromatic N) is 2. The summed E-state index contributed by atoms with van der Waals surface area (Å²) in [6.07, 6.45) is 1.64. The molecular weight excluding hydrogens is 548 g/mol. The zero-order valence-electron chi connectivity index (χ0n) is 25.1. The van der Waals surface area contributed by atoms with Gasteiger partial charge in [0.2, 0.25) is 11.8 Å². The lowest BCUT2D eigenvalue weighted by Crippen LogP contribution is -2.55. The maximum Gasteiger partial charge on any atom is 0.408 e. The van der Waals surface area contributed by atoms with Gasteiger partial charge in [-0.15, -0.1) is 0 Å². The maximum atomic E-state index is 13.6. The minimum Gasteiger partial charge on any atom is -0.444 e. The van der Waals surface area contributed by atoms with Crippen molar-refractivity contribution in [2.24, 2.45) is 16.5 Å². The smallest absolute Gasteiger partial charge is 0.408 e. The summed E-state index contributed by atoms with van der Waals surface area (Å²) in [7, 11) is 0. The van der Waals surface area contributed by atoms with Gasteiger partial charge < -0.3 is 37.1 Å². The number of rotatable bonds is 13. The van der Waals surface area contributed by atoms with Crippen LogP contribution in [-0.2, 0) is 27.3 Å². The summed E-state index contributed by atoms with van der Waals surface area (Å²) in [5.41, 5.74) is 13.6. The van der Waals surface area contributed by atoms with Gasteiger partial charge in [0.25, 0.3) is 0 Å². The number of hydrogen-bond acceptors (Lipinski definition) is 6. The average molecular weight is 591 g/mol. The number of carbonyl (C=O) groups is 3. The van der Waals surface area contributed by atoms with Crippen LogP contribution in [0.15, 0.2) is 65.8 Å². The molecule has 1 aromatic heterocycles. The molecule has 0 saturated carbocycles. The predicted octanol–water partition coefficient (Wildman–Crippen LogP) is 2.68. The van der Waals surface area contributed by atoms with E-state index in [-0.39, 0.29) is 37.8 Å². The van der Waals surface area contributed by atoms with Crippen molar-refractivity contribution in [2.45, 2.75) is 71.2 Å². The Morgan fingerprint density at radius 3 is 2.33 bits per heavy atom. The van der Waals surface area contributed by atoms with Crippen LogP contribution in [0.3, 0.4) is 0 Å². The Kier molecular flexibility index (Phi) is 11.7. The molecule has 230 valence electrons. The molecule has 0 unspecified atom stereocenters. The lowest BCUT2D eigenvalue weighted by molar-refractivity contribution is -0.130. The Hall–Kier alpha value is -4.87. The average Bonchev–Trinajstić information content (AvgIpc) is 3.41. The van der Waals surface area contributed by atoms with Gasteiger partial charge in [0.1, 0.15) is 23.5 Å². The fourth-order valence-electron chi connectivity index (χ4n) is 4.15. The highest BCUT2D eigenvalue weighted by molar-refractivity contribution is 5.91. The van der Waals surface area contributed by atoms with E-state index < -0.39 is 29.7 Å². The molecule has 0 bridgehead atoms. The van der Waals surface area contributed by atoms with E-state index in [2.05, 4.69) is 30.9 Å². The second-order valence-corrected chi connectivity index (χ2v) is 11.2. The first-order chi connectivity index (χ1) is 20.4. The monoisotopic (exact) mass is 590 g/mol. The van der Waals surface area contributed by atoms with Crippen LogP contribution in [0.4, 0.5) is 4.79 Å². The number of alkyl carbamates (subject to hydrolysis) is 1. The van der Waals surface area contributed by atoms with E-state index in [0.29, 0.717) is 17.9 Å². The summed E-state index contributed by atoms with van der Waals surface area (Å²) >= 11 is 0. The Morgan fingerprint density at radius 2 is 1.67 bits per heavy atom. The van der Waals surface area contributed by atoms with Crippen molar-refractivity contribution in [3.63, 3.8) is 0 Å². The molecule has 12 heteroatoms. The van der Waals surface area contributed by atoms with Crippen molar-refractivity contribution in [1.29, 1.82) is 0 Å². The molecule has 0 aliphatic carbocycles. The number of nitrogens with one attached hydrogen (secondary N) is 4. The third-order valence-electron chi connectivity index (χ3n) is 6.27. The zero-order chi connectivity index (χ0) is 31.4. The molecule has 3 aromatic rings. The summed E-state index contributed by atoms with van der Waals surface area (Å²) in [4.78, 5) is 51.2. The first-order valence-electron chi connectivity index (χ1n) is 14.2. The molecule has 0 aliphatic heterocycles. The number of aromatic amines is 1. The molecular formula is C31H42N8O4. The highest BCUT2D eigenvalue weighted by Gasteiger charge is 2.29. The Balaban J connectivity index is 1.78. The van der Waals surface area contributed by atoms with Crippen molar-refractivity contribution >= 4 is 23.9 Å². The topological polar surface area (TPSA) is 190 Å². The van der Waals surface area contributed by atoms with Gasteiger partial charge in [-0.2, -0.15) is 0 Å². The van der Waals surface area contributed by atoms with E-state index in [1.165, 1.54) is 0 Å². The zero-order valence-corrected chi connectivity index (χ0v) is 25.1. The largest absolute Gasteiger partial charge is 0.444 e. The summed E-state index contributed by atoms with van der Waals surface area (Å²) < 4.78 is 5.41. The van der Waals surface area contributed by atoms with Crippen LogP contribution in [0.25, 0.3) is 11.4 Å². The number of aryl methyl sites for hydroxylation is 1. The molecule has 43 heavy (non-hydrogen) atoms. The van der Waals surface area contributed by atoms with E-state index in [0.717, 1.165) is 16.7 Å². The summed E-state index contributed by atoms with van der Waals surface area (Å²) in [5.74, 6) is -0.357. The molecule has 0 aliphatic rings. The molecule has 2 atom stereocenters. The number of amides is 3. The molecule has 0 radical (unpaired) electrons. The Labute approximate surface area is 252 Å². The number of aliphatic imine (C=N–C) groups is 1. The Bertz CT molecular complexity index is 1380. The second kappa shape index (κ2) is 15.4. The van der Waals surface area contributed by atoms with E-state index in [1.807, 2.05) is 61.5 Å². The summed E-state index contributed by atoms with van der Waals surface area (Å²) in [5, 5.41) is 8.34. The van der Waals surface area contributed by atoms with Gasteiger partial charge in [-0.25, -0.2) is 9.78 Å². The maximum absolute atomic E-state index is 13.6. The fraction of sp³-hybridized carbons (Fsp3) is 0.387. The molecule has 3 amide bonds. The molecule has 0 saturated heterocycles. The van der Waals surface area contributed by atoms with E-state index in [4.69, 9.17) is 16.2 Å². The van der Waals surface area contributed by atoms with Gasteiger partial charge in [0.15, 0.2) is 5.96 Å². The fourth-order valence-corrected chi connectivity index (χ4v) is 4.15. The number of ether oxygens (including phenoxy) is 1. The molecule has 2 aromatic carbocycles. The normalized spacial score (nSPS) is 12.5. The number of imidazole rings is 1. The van der Waals surface area contributed by atoms with Crippen LogP contribution >= 0.6 is 0 Å². The minimum absolute atomic E-state index is 0.0553. The quantitative estimate of drug-likeness (QED) is 0.100. The number of H-pyrrole nitrogens is 1. The number of benzene rings is 2. The van der Waals surface area contributed by atoms with Crippen molar-refractivity contribution < 1.29 is 19.1 Å². The molecule has 12 nitrogen and oxygen atoms in total. The van der Waals surface area contributed by atoms with Crippen molar-refractivity contribution in [3.05, 3.63) is 77.6 Å². The highest BCUT2D eigenvalue weighted by atomic mass is 16.6. The van der Waals surface area contributed by atoms with Gasteiger partial charge in [0.05, 0.1) is 0 Å². The number of aromatic nitrogens is 2. The van der Waals surface area contributed by atoms with Crippen LogP contribution in [0.2, 0.25) is 0 Å². The number of guanidine groups is 1. The van der Waals surface area contributed by atoms with E-state index >= 15 is 0 Å². The third-order valence-corrected chi connectivity index (χ3v) is 6.27. The van der Waals surface area contributed by atoms with Crippen molar-refractivity contribution in [3.8, 4) is 11.4 Å². The molecule has 0 fully saturated rings. The number of hydrogen-bond donors (Lipinski definition) is 6. The second-order valence-electron chi connectivity index (χ2n) is 11.2. The lowest BCUT2D eigenvalue weighted by atomic mass is 10.1. The Morgan fingerprint density at radius 1 is 0.977 bits per heavy atom. The van der Waals surface area contributed by atoms with Crippen LogP contribution in [0.1, 0.15) is 50.4 Å². The number of carbonyl (C=O) groups excluding carboxylic acids is 3. The molecule has 3 rings (SSSR count).